The quantitative estimate of drug-likeness (QED) is 0.719. The number of rotatable bonds is 5. The summed E-state index contributed by atoms with van der Waals surface area (Å²) in [5.74, 6) is -0.104. The lowest BCUT2D eigenvalue weighted by Gasteiger charge is -2.25. The van der Waals surface area contributed by atoms with E-state index < -0.39 is 0 Å². The van der Waals surface area contributed by atoms with Crippen molar-refractivity contribution < 1.29 is 4.79 Å². The molecule has 1 amide bonds. The van der Waals surface area contributed by atoms with Crippen LogP contribution in [-0.4, -0.2) is 28.5 Å². The molecule has 0 aliphatic carbocycles. The van der Waals surface area contributed by atoms with Crippen molar-refractivity contribution in [3.8, 4) is 0 Å². The highest BCUT2D eigenvalue weighted by atomic mass is 16.2. The molecule has 2 heterocycles. The maximum absolute atomic E-state index is 12.6. The lowest BCUT2D eigenvalue weighted by atomic mass is 10.2. The summed E-state index contributed by atoms with van der Waals surface area (Å²) in [5.41, 5.74) is 2.47. The van der Waals surface area contributed by atoms with Crippen molar-refractivity contribution in [1.29, 1.82) is 0 Å². The van der Waals surface area contributed by atoms with Crippen molar-refractivity contribution in [1.82, 2.24) is 9.55 Å². The Labute approximate surface area is 170 Å². The minimum absolute atomic E-state index is 0.104. The summed E-state index contributed by atoms with van der Waals surface area (Å²) in [6.45, 7) is 2.34. The zero-order chi connectivity index (χ0) is 20.1. The van der Waals surface area contributed by atoms with Gasteiger partial charge in [0.25, 0.3) is 5.56 Å². The Balaban J connectivity index is 1.44. The number of benzene rings is 2. The average Bonchev–Trinajstić information content (AvgIpc) is 3.03. The molecule has 3 aromatic rings. The first-order chi connectivity index (χ1) is 14.2. The monoisotopic (exact) mass is 390 g/mol. The number of hydrogen-bond donors (Lipinski definition) is 1. The molecule has 0 atom stereocenters. The molecule has 29 heavy (non-hydrogen) atoms. The number of nitrogens with one attached hydrogen (secondary N) is 1. The van der Waals surface area contributed by atoms with Crippen LogP contribution in [0.2, 0.25) is 0 Å². The van der Waals surface area contributed by atoms with Gasteiger partial charge in [-0.05, 0) is 37.1 Å². The molecule has 1 aromatic heterocycles. The Kier molecular flexibility index (Phi) is 5.89. The number of carbonyl (C=O) groups excluding carboxylic acids is 1. The molecule has 0 bridgehead atoms. The van der Waals surface area contributed by atoms with E-state index in [9.17, 15) is 9.59 Å². The topological polar surface area (TPSA) is 67.2 Å². The van der Waals surface area contributed by atoms with Gasteiger partial charge in [0.05, 0.1) is 28.6 Å². The Morgan fingerprint density at radius 3 is 2.52 bits per heavy atom. The molecule has 0 radical (unpaired) electrons. The van der Waals surface area contributed by atoms with Gasteiger partial charge in [0.1, 0.15) is 0 Å². The largest absolute Gasteiger partial charge is 0.370 e. The Hall–Kier alpha value is -3.15. The first kappa shape index (κ1) is 19.2. The zero-order valence-electron chi connectivity index (χ0n) is 16.5. The van der Waals surface area contributed by atoms with E-state index >= 15 is 0 Å². The first-order valence-corrected chi connectivity index (χ1v) is 10.3. The number of fused-ring (bicyclic) bond motifs is 1. The van der Waals surface area contributed by atoms with E-state index in [4.69, 9.17) is 0 Å². The van der Waals surface area contributed by atoms with Crippen LogP contribution in [-0.2, 0) is 11.3 Å². The van der Waals surface area contributed by atoms with Gasteiger partial charge < -0.3 is 10.2 Å². The van der Waals surface area contributed by atoms with Gasteiger partial charge in [-0.25, -0.2) is 4.98 Å². The lowest BCUT2D eigenvalue weighted by Crippen LogP contribution is -2.26. The average molecular weight is 390 g/mol. The van der Waals surface area contributed by atoms with Crippen molar-refractivity contribution >= 4 is 28.2 Å². The van der Waals surface area contributed by atoms with Crippen LogP contribution in [0, 0.1) is 0 Å². The number of hydrogen-bond acceptors (Lipinski definition) is 4. The van der Waals surface area contributed by atoms with E-state index in [1.165, 1.54) is 36.6 Å². The molecule has 0 unspecified atom stereocenters. The van der Waals surface area contributed by atoms with Gasteiger partial charge in [0, 0.05) is 26.1 Å². The highest BCUT2D eigenvalue weighted by Crippen LogP contribution is 2.28. The van der Waals surface area contributed by atoms with Crippen molar-refractivity contribution in [2.45, 2.75) is 38.6 Å². The Morgan fingerprint density at radius 1 is 0.966 bits per heavy atom. The van der Waals surface area contributed by atoms with Gasteiger partial charge in [-0.3, -0.25) is 14.2 Å². The number of nitrogens with zero attached hydrogens (tertiary/aromatic N) is 3. The molecule has 0 saturated carbocycles. The van der Waals surface area contributed by atoms with Crippen LogP contribution in [0.1, 0.15) is 32.1 Å². The van der Waals surface area contributed by atoms with E-state index in [0.29, 0.717) is 17.4 Å². The van der Waals surface area contributed by atoms with Crippen LogP contribution >= 0.6 is 0 Å². The third kappa shape index (κ3) is 4.47. The van der Waals surface area contributed by atoms with Crippen LogP contribution in [0.25, 0.3) is 10.9 Å². The zero-order valence-corrected chi connectivity index (χ0v) is 16.5. The molecule has 0 spiro atoms. The third-order valence-corrected chi connectivity index (χ3v) is 5.44. The minimum atomic E-state index is -0.117. The van der Waals surface area contributed by atoms with Crippen LogP contribution in [0.15, 0.2) is 59.7 Å². The van der Waals surface area contributed by atoms with Crippen LogP contribution < -0.4 is 15.8 Å². The number of para-hydroxylation sites is 3. The van der Waals surface area contributed by atoms with E-state index in [0.717, 1.165) is 24.5 Å². The fourth-order valence-corrected chi connectivity index (χ4v) is 3.87. The molecule has 1 aliphatic rings. The Morgan fingerprint density at radius 2 is 1.69 bits per heavy atom. The second-order valence-electron chi connectivity index (χ2n) is 7.48. The highest BCUT2D eigenvalue weighted by molar-refractivity contribution is 5.94. The predicted molar refractivity (Wildman–Crippen MR) is 116 cm³/mol. The Bertz CT molecular complexity index is 1050. The maximum atomic E-state index is 12.6. The summed E-state index contributed by atoms with van der Waals surface area (Å²) in [7, 11) is 0. The summed E-state index contributed by atoms with van der Waals surface area (Å²) in [6.07, 6.45) is 6.62. The fraction of sp³-hybridized carbons (Fsp3) is 0.348. The van der Waals surface area contributed by atoms with Gasteiger partial charge in [-0.1, -0.05) is 37.1 Å². The van der Waals surface area contributed by atoms with E-state index in [1.54, 1.807) is 6.07 Å². The molecular formula is C23H26N4O2. The molecule has 2 aromatic carbocycles. The SMILES string of the molecule is O=C(CCn1cnc2ccccc2c1=O)Nc1ccccc1N1CCCCCC1. The number of carbonyl (C=O) groups is 1. The first-order valence-electron chi connectivity index (χ1n) is 10.3. The smallest absolute Gasteiger partial charge is 0.261 e. The molecule has 6 heteroatoms. The number of anilines is 2. The van der Waals surface area contributed by atoms with Gasteiger partial charge in [0.2, 0.25) is 5.91 Å². The molecule has 150 valence electrons. The summed E-state index contributed by atoms with van der Waals surface area (Å²) < 4.78 is 1.50. The van der Waals surface area contributed by atoms with E-state index in [1.807, 2.05) is 36.4 Å². The van der Waals surface area contributed by atoms with Crippen molar-refractivity contribution in [3.63, 3.8) is 0 Å². The lowest BCUT2D eigenvalue weighted by molar-refractivity contribution is -0.116. The molecule has 1 saturated heterocycles. The summed E-state index contributed by atoms with van der Waals surface area (Å²) >= 11 is 0. The third-order valence-electron chi connectivity index (χ3n) is 5.44. The van der Waals surface area contributed by atoms with Gasteiger partial charge in [-0.2, -0.15) is 0 Å². The molecular weight excluding hydrogens is 364 g/mol. The summed E-state index contributed by atoms with van der Waals surface area (Å²) in [5, 5.41) is 3.61. The second kappa shape index (κ2) is 8.90. The normalized spacial score (nSPS) is 14.6. The highest BCUT2D eigenvalue weighted by Gasteiger charge is 2.15. The number of amides is 1. The summed E-state index contributed by atoms with van der Waals surface area (Å²) in [6, 6.07) is 15.2. The van der Waals surface area contributed by atoms with Crippen molar-refractivity contribution in [2.24, 2.45) is 0 Å². The van der Waals surface area contributed by atoms with Crippen LogP contribution in [0.3, 0.4) is 0 Å². The van der Waals surface area contributed by atoms with Crippen molar-refractivity contribution in [2.75, 3.05) is 23.3 Å². The molecule has 1 N–H and O–H groups in total. The number of aromatic nitrogens is 2. The molecule has 4 rings (SSSR count). The van der Waals surface area contributed by atoms with Gasteiger partial charge >= 0.3 is 0 Å². The predicted octanol–water partition coefficient (Wildman–Crippen LogP) is 3.81. The van der Waals surface area contributed by atoms with Crippen LogP contribution in [0.4, 0.5) is 11.4 Å². The number of aryl methyl sites for hydroxylation is 1. The van der Waals surface area contributed by atoms with Gasteiger partial charge in [-0.15, -0.1) is 0 Å². The fourth-order valence-electron chi connectivity index (χ4n) is 3.87. The van der Waals surface area contributed by atoms with E-state index in [-0.39, 0.29) is 17.9 Å². The molecule has 1 aliphatic heterocycles. The second-order valence-corrected chi connectivity index (χ2v) is 7.48. The van der Waals surface area contributed by atoms with Gasteiger partial charge in [0.15, 0.2) is 0 Å². The molecule has 6 nitrogen and oxygen atoms in total. The van der Waals surface area contributed by atoms with E-state index in [2.05, 4.69) is 21.3 Å². The van der Waals surface area contributed by atoms with Crippen molar-refractivity contribution in [3.05, 3.63) is 65.2 Å². The molecule has 1 fully saturated rings. The minimum Gasteiger partial charge on any atom is -0.370 e. The van der Waals surface area contributed by atoms with Crippen LogP contribution in [0.5, 0.6) is 0 Å². The standard InChI is InChI=1S/C23H26N4O2/c28-22(13-16-27-17-24-19-10-4-3-9-18(19)23(27)29)25-20-11-5-6-12-21(20)26-14-7-1-2-8-15-26/h3-6,9-12,17H,1-2,7-8,13-16H2,(H,25,28). The summed E-state index contributed by atoms with van der Waals surface area (Å²) in [4.78, 5) is 31.8. The maximum Gasteiger partial charge on any atom is 0.261 e.